The van der Waals surface area contributed by atoms with Gasteiger partial charge in [-0.2, -0.15) is 0 Å². The largest absolute Gasteiger partial charge is 0.341 e. The van der Waals surface area contributed by atoms with Crippen LogP contribution in [0.3, 0.4) is 0 Å². The van der Waals surface area contributed by atoms with Crippen LogP contribution in [0.4, 0.5) is 15.3 Å². The number of unbranched alkanes of at least 4 members (excludes halogenated alkanes) is 1. The van der Waals surface area contributed by atoms with Crippen LogP contribution in [0.25, 0.3) is 0 Å². The molecule has 1 aromatic carbocycles. The summed E-state index contributed by atoms with van der Waals surface area (Å²) in [6, 6.07) is 5.86. The molecule has 2 aliphatic heterocycles. The number of piperidine rings is 1. The molecule has 4 amide bonds. The third-order valence-electron chi connectivity index (χ3n) is 6.55. The van der Waals surface area contributed by atoms with E-state index in [1.54, 1.807) is 35.0 Å². The number of fused-ring (bicyclic) bond motifs is 1. The Balaban J connectivity index is 1.33. The summed E-state index contributed by atoms with van der Waals surface area (Å²) in [4.78, 5) is 46.6. The van der Waals surface area contributed by atoms with Gasteiger partial charge in [0.25, 0.3) is 0 Å². The lowest BCUT2D eigenvalue weighted by Crippen LogP contribution is -2.53. The summed E-state index contributed by atoms with van der Waals surface area (Å²) in [7, 11) is 0. The minimum Gasteiger partial charge on any atom is -0.341 e. The van der Waals surface area contributed by atoms with Crippen LogP contribution in [0.5, 0.6) is 0 Å². The van der Waals surface area contributed by atoms with Crippen molar-refractivity contribution in [2.45, 2.75) is 64.6 Å². The van der Waals surface area contributed by atoms with Crippen molar-refractivity contribution >= 4 is 35.3 Å². The number of nitrogens with zero attached hydrogens (tertiary/aromatic N) is 4. The van der Waals surface area contributed by atoms with Crippen molar-refractivity contribution < 1.29 is 14.4 Å². The van der Waals surface area contributed by atoms with E-state index in [0.29, 0.717) is 55.4 Å². The number of carbonyl (C=O) groups is 3. The number of aryl methyl sites for hydroxylation is 1. The first kappa shape index (κ1) is 24.1. The predicted molar refractivity (Wildman–Crippen MR) is 130 cm³/mol. The Hall–Kier alpha value is -3.07. The maximum absolute atomic E-state index is 13.3. The maximum Gasteiger partial charge on any atom is 0.330 e. The minimum atomic E-state index is -0.591. The Morgan fingerprint density at radius 2 is 1.91 bits per heavy atom. The highest BCUT2D eigenvalue weighted by atomic mass is 35.5. The van der Waals surface area contributed by atoms with Gasteiger partial charge >= 0.3 is 12.1 Å². The molecule has 34 heavy (non-hydrogen) atoms. The van der Waals surface area contributed by atoms with Gasteiger partial charge in [-0.25, -0.2) is 14.6 Å². The Bertz CT molecular complexity index is 1050. The fraction of sp³-hybridized carbons (Fsp3) is 0.500. The maximum atomic E-state index is 13.3. The van der Waals surface area contributed by atoms with Gasteiger partial charge in [-0.05, 0) is 50.5 Å². The molecule has 1 atom stereocenters. The van der Waals surface area contributed by atoms with E-state index < -0.39 is 12.1 Å². The summed E-state index contributed by atoms with van der Waals surface area (Å²) in [6.07, 6.45) is 5.53. The molecule has 4 rings (SSSR count). The van der Waals surface area contributed by atoms with E-state index in [4.69, 9.17) is 11.6 Å². The molecule has 9 nitrogen and oxygen atoms in total. The van der Waals surface area contributed by atoms with Crippen molar-refractivity contribution in [2.24, 2.45) is 0 Å². The van der Waals surface area contributed by atoms with Crippen LogP contribution in [0.1, 0.15) is 50.5 Å². The highest BCUT2D eigenvalue weighted by Gasteiger charge is 2.37. The topological polar surface area (TPSA) is 99.6 Å². The molecule has 1 saturated heterocycles. The number of carbonyl (C=O) groups excluding carboxylic acids is 3. The summed E-state index contributed by atoms with van der Waals surface area (Å²) >= 11 is 5.90. The van der Waals surface area contributed by atoms with Gasteiger partial charge in [-0.3, -0.25) is 9.36 Å². The molecule has 1 fully saturated rings. The number of imidazole rings is 1. The van der Waals surface area contributed by atoms with E-state index in [1.165, 1.54) is 0 Å². The molecule has 0 radical (unpaired) electrons. The van der Waals surface area contributed by atoms with Gasteiger partial charge in [0, 0.05) is 29.8 Å². The van der Waals surface area contributed by atoms with E-state index in [2.05, 4.69) is 22.5 Å². The Morgan fingerprint density at radius 3 is 2.56 bits per heavy atom. The zero-order chi connectivity index (χ0) is 24.2. The quantitative estimate of drug-likeness (QED) is 0.617. The number of aromatic nitrogens is 2. The van der Waals surface area contributed by atoms with Crippen molar-refractivity contribution in [1.29, 1.82) is 0 Å². The van der Waals surface area contributed by atoms with Crippen LogP contribution in [-0.2, 0) is 11.3 Å². The molecule has 0 spiro atoms. The molecule has 3 heterocycles. The van der Waals surface area contributed by atoms with Crippen LogP contribution >= 0.6 is 11.6 Å². The predicted octanol–water partition coefficient (Wildman–Crippen LogP) is 4.00. The Kier molecular flexibility index (Phi) is 7.41. The van der Waals surface area contributed by atoms with Gasteiger partial charge in [0.15, 0.2) is 0 Å². The third kappa shape index (κ3) is 5.19. The molecule has 0 bridgehead atoms. The minimum absolute atomic E-state index is 0.0314. The molecule has 2 aliphatic rings. The van der Waals surface area contributed by atoms with Crippen LogP contribution in [-0.4, -0.2) is 62.5 Å². The fourth-order valence-electron chi connectivity index (χ4n) is 4.66. The van der Waals surface area contributed by atoms with Gasteiger partial charge in [0.1, 0.15) is 11.9 Å². The summed E-state index contributed by atoms with van der Waals surface area (Å²) in [6.45, 7) is 5.56. The van der Waals surface area contributed by atoms with E-state index >= 15 is 0 Å². The number of amides is 4. The Morgan fingerprint density at radius 1 is 1.21 bits per heavy atom. The second-order valence-corrected chi connectivity index (χ2v) is 9.34. The standard InChI is InChI=1S/C24H31ClN6O3/c1-3-4-5-21(28-23(33)27-18-8-6-17(25)7-9-18)22(32)29-12-10-19(11-13-29)30-15-20-14-26-16(2)31(20)24(30)34/h6-9,14,19,21H,3-5,10-13,15H2,1-2H3,(H2,27,28,33)/t21-/m1/s1. The molecular weight excluding hydrogens is 456 g/mol. The van der Waals surface area contributed by atoms with E-state index in [1.807, 2.05) is 16.7 Å². The van der Waals surface area contributed by atoms with Gasteiger partial charge in [0.05, 0.1) is 18.4 Å². The van der Waals surface area contributed by atoms with Crippen LogP contribution < -0.4 is 10.6 Å². The lowest BCUT2D eigenvalue weighted by molar-refractivity contribution is -0.134. The van der Waals surface area contributed by atoms with Crippen molar-refractivity contribution in [2.75, 3.05) is 18.4 Å². The Labute approximate surface area is 204 Å². The average Bonchev–Trinajstić information content (AvgIpc) is 3.37. The number of urea groups is 1. The number of rotatable bonds is 7. The van der Waals surface area contributed by atoms with E-state index in [-0.39, 0.29) is 18.0 Å². The molecule has 0 saturated carbocycles. The van der Waals surface area contributed by atoms with E-state index in [9.17, 15) is 14.4 Å². The smallest absolute Gasteiger partial charge is 0.330 e. The van der Waals surface area contributed by atoms with Crippen molar-refractivity contribution in [1.82, 2.24) is 24.7 Å². The van der Waals surface area contributed by atoms with Crippen LogP contribution in [0.2, 0.25) is 5.02 Å². The number of benzene rings is 1. The number of halogens is 1. The van der Waals surface area contributed by atoms with Crippen LogP contribution in [0, 0.1) is 6.92 Å². The first-order chi connectivity index (χ1) is 16.4. The lowest BCUT2D eigenvalue weighted by atomic mass is 10.0. The SMILES string of the molecule is CCCC[C@@H](NC(=O)Nc1ccc(Cl)cc1)C(=O)N1CCC(N2Cc3cnc(C)n3C2=O)CC1. The molecule has 182 valence electrons. The molecule has 1 aromatic heterocycles. The molecule has 2 N–H and O–H groups in total. The zero-order valence-corrected chi connectivity index (χ0v) is 20.3. The average molecular weight is 487 g/mol. The van der Waals surface area contributed by atoms with E-state index in [0.717, 1.165) is 18.5 Å². The molecule has 0 aliphatic carbocycles. The van der Waals surface area contributed by atoms with Gasteiger partial charge in [0.2, 0.25) is 5.91 Å². The number of anilines is 1. The third-order valence-corrected chi connectivity index (χ3v) is 6.80. The van der Waals surface area contributed by atoms with Crippen molar-refractivity contribution in [3.63, 3.8) is 0 Å². The number of likely N-dealkylation sites (tertiary alicyclic amines) is 1. The fourth-order valence-corrected chi connectivity index (χ4v) is 4.79. The summed E-state index contributed by atoms with van der Waals surface area (Å²) in [5.41, 5.74) is 1.52. The number of hydrogen-bond donors (Lipinski definition) is 2. The van der Waals surface area contributed by atoms with Crippen molar-refractivity contribution in [3.8, 4) is 0 Å². The molecule has 2 aromatic rings. The van der Waals surface area contributed by atoms with Gasteiger partial charge < -0.3 is 20.4 Å². The molecule has 0 unspecified atom stereocenters. The summed E-state index contributed by atoms with van der Waals surface area (Å²) < 4.78 is 1.67. The summed E-state index contributed by atoms with van der Waals surface area (Å²) in [5.74, 6) is 0.633. The second-order valence-electron chi connectivity index (χ2n) is 8.90. The zero-order valence-electron chi connectivity index (χ0n) is 19.6. The monoisotopic (exact) mass is 486 g/mol. The second kappa shape index (κ2) is 10.5. The number of hydrogen-bond acceptors (Lipinski definition) is 4. The normalized spacial score (nSPS) is 17.0. The molecule has 10 heteroatoms. The summed E-state index contributed by atoms with van der Waals surface area (Å²) in [5, 5.41) is 6.20. The lowest BCUT2D eigenvalue weighted by Gasteiger charge is -2.37. The highest BCUT2D eigenvalue weighted by molar-refractivity contribution is 6.30. The number of nitrogens with one attached hydrogen (secondary N) is 2. The van der Waals surface area contributed by atoms with Gasteiger partial charge in [-0.1, -0.05) is 31.4 Å². The first-order valence-electron chi connectivity index (χ1n) is 11.8. The highest BCUT2D eigenvalue weighted by Crippen LogP contribution is 2.26. The first-order valence-corrected chi connectivity index (χ1v) is 12.2. The van der Waals surface area contributed by atoms with Crippen molar-refractivity contribution in [3.05, 3.63) is 47.0 Å². The molecular formula is C24H31ClN6O3. The van der Waals surface area contributed by atoms with Gasteiger partial charge in [-0.15, -0.1) is 0 Å². The van der Waals surface area contributed by atoms with Crippen LogP contribution in [0.15, 0.2) is 30.5 Å².